The zero-order chi connectivity index (χ0) is 44.0. The van der Waals surface area contributed by atoms with Crippen LogP contribution in [0, 0.1) is 11.8 Å². The molecule has 5 N–H and O–H groups in total. The largest absolute Gasteiger partial charge is 0.453 e. The quantitative estimate of drug-likeness (QED) is 0.0688. The van der Waals surface area contributed by atoms with Crippen molar-refractivity contribution in [1.29, 1.82) is 0 Å². The van der Waals surface area contributed by atoms with Crippen molar-refractivity contribution in [2.75, 3.05) is 40.5 Å². The molecule has 8 rings (SSSR count). The van der Waals surface area contributed by atoms with Gasteiger partial charge < -0.3 is 45.0 Å². The van der Waals surface area contributed by atoms with E-state index in [2.05, 4.69) is 91.3 Å². The number of carbonyl (C=O) groups is 4. The van der Waals surface area contributed by atoms with Crippen molar-refractivity contribution in [1.82, 2.24) is 40.8 Å². The number of likely N-dealkylation sites (tertiary alicyclic amines) is 1. The highest BCUT2D eigenvalue weighted by Crippen LogP contribution is 2.35. The number of aryl methyl sites for hydroxylation is 1. The van der Waals surface area contributed by atoms with E-state index in [1.807, 2.05) is 30.9 Å². The second-order valence-electron chi connectivity index (χ2n) is 16.9. The highest BCUT2D eigenvalue weighted by atomic mass is 16.5. The lowest BCUT2D eigenvalue weighted by atomic mass is 9.90. The molecule has 2 aliphatic heterocycles. The maximum atomic E-state index is 14.1. The van der Waals surface area contributed by atoms with Crippen LogP contribution in [0.5, 0.6) is 0 Å². The Labute approximate surface area is 366 Å². The summed E-state index contributed by atoms with van der Waals surface area (Å²) in [7, 11) is 2.59. The lowest BCUT2D eigenvalue weighted by molar-refractivity contribution is -0.136. The van der Waals surface area contributed by atoms with Crippen LogP contribution in [0.1, 0.15) is 70.1 Å². The van der Waals surface area contributed by atoms with E-state index in [0.717, 1.165) is 98.8 Å². The number of carbonyl (C=O) groups excluding carboxylic acids is 4. The van der Waals surface area contributed by atoms with Crippen LogP contribution in [-0.4, -0.2) is 101 Å². The van der Waals surface area contributed by atoms with Crippen LogP contribution in [0.3, 0.4) is 0 Å². The highest BCUT2D eigenvalue weighted by Gasteiger charge is 2.40. The minimum atomic E-state index is -0.684. The summed E-state index contributed by atoms with van der Waals surface area (Å²) in [4.78, 5) is 69.3. The maximum Gasteiger partial charge on any atom is 0.407 e. The fourth-order valence-corrected chi connectivity index (χ4v) is 8.90. The summed E-state index contributed by atoms with van der Waals surface area (Å²) >= 11 is 0. The van der Waals surface area contributed by atoms with E-state index in [1.165, 1.54) is 14.2 Å². The Balaban J connectivity index is 0.909. The third-order valence-corrected chi connectivity index (χ3v) is 12.4. The highest BCUT2D eigenvalue weighted by molar-refractivity contribution is 5.93. The molecule has 63 heavy (non-hydrogen) atoms. The molecule has 0 spiro atoms. The van der Waals surface area contributed by atoms with Crippen LogP contribution < -0.4 is 16.0 Å². The SMILES string of the molecule is COC(=O)N[C@H](C(=O)NCCCCc1nc2ccc(-c3ccc4cc(-c5ccc6nc([C@@H]7CCCN7C(=O)[C@@H](NC(=O)OC)C7CCOCC7)[nH]c6c5)ccc4c3)cc2[nH]1)C(C)C. The standard InChI is InChI=1S/C48H56N8O7/c1-28(2)42(54-47(59)61-3)45(57)49-20-6-5-9-41-50-36-16-14-34(26-38(36)51-41)32-12-10-31-25-33(13-11-30(31)24-32)35-15-17-37-39(27-35)53-44(52-37)40-8-7-21-56(40)46(58)43(55-48(60)62-4)29-18-22-63-23-19-29/h10-17,24-29,40,42-43H,5-9,18-23H2,1-4H3,(H,49,57)(H,50,51)(H,52,53)(H,54,59)(H,55,60)/t40-,42-,43-/m0/s1. The third kappa shape index (κ3) is 9.78. The van der Waals surface area contributed by atoms with Crippen LogP contribution in [0.4, 0.5) is 9.59 Å². The molecule has 15 nitrogen and oxygen atoms in total. The van der Waals surface area contributed by atoms with E-state index < -0.39 is 24.3 Å². The Kier molecular flexibility index (Phi) is 13.2. The Hall–Kier alpha value is -6.48. The summed E-state index contributed by atoms with van der Waals surface area (Å²) in [6.07, 6.45) is 4.15. The molecule has 0 unspecified atom stereocenters. The van der Waals surface area contributed by atoms with Gasteiger partial charge in [-0.05, 0) is 120 Å². The Morgan fingerprint density at radius 1 is 0.762 bits per heavy atom. The van der Waals surface area contributed by atoms with Crippen molar-refractivity contribution in [2.24, 2.45) is 11.8 Å². The summed E-state index contributed by atoms with van der Waals surface area (Å²) in [6.45, 7) is 5.97. The van der Waals surface area contributed by atoms with Crippen molar-refractivity contribution < 1.29 is 33.4 Å². The van der Waals surface area contributed by atoms with Gasteiger partial charge in [0.15, 0.2) is 0 Å². The average Bonchev–Trinajstić information content (AvgIpc) is 4.07. The van der Waals surface area contributed by atoms with Gasteiger partial charge in [0, 0.05) is 32.7 Å². The fourth-order valence-electron chi connectivity index (χ4n) is 8.90. The predicted molar refractivity (Wildman–Crippen MR) is 241 cm³/mol. The molecule has 2 fully saturated rings. The predicted octanol–water partition coefficient (Wildman–Crippen LogP) is 7.56. The molecule has 0 saturated carbocycles. The van der Waals surface area contributed by atoms with Crippen molar-refractivity contribution in [3.05, 3.63) is 84.4 Å². The van der Waals surface area contributed by atoms with E-state index in [0.29, 0.717) is 39.1 Å². The van der Waals surface area contributed by atoms with E-state index in [9.17, 15) is 19.2 Å². The summed E-state index contributed by atoms with van der Waals surface area (Å²) < 4.78 is 15.1. The smallest absolute Gasteiger partial charge is 0.407 e. The van der Waals surface area contributed by atoms with Crippen LogP contribution in [-0.2, 0) is 30.2 Å². The van der Waals surface area contributed by atoms with Crippen LogP contribution in [0.15, 0.2) is 72.8 Å². The lowest BCUT2D eigenvalue weighted by Crippen LogP contribution is -2.53. The van der Waals surface area contributed by atoms with Gasteiger partial charge in [0.05, 0.1) is 42.3 Å². The van der Waals surface area contributed by atoms with E-state index in [4.69, 9.17) is 19.4 Å². The van der Waals surface area contributed by atoms with Gasteiger partial charge in [0.25, 0.3) is 0 Å². The van der Waals surface area contributed by atoms with Gasteiger partial charge in [-0.2, -0.15) is 0 Å². The molecule has 0 aliphatic carbocycles. The van der Waals surface area contributed by atoms with Gasteiger partial charge in [-0.1, -0.05) is 50.2 Å². The first-order valence-corrected chi connectivity index (χ1v) is 22.0. The van der Waals surface area contributed by atoms with Gasteiger partial charge in [-0.15, -0.1) is 0 Å². The summed E-state index contributed by atoms with van der Waals surface area (Å²) in [5.41, 5.74) is 7.96. The number of nitrogens with one attached hydrogen (secondary N) is 5. The molecule has 0 radical (unpaired) electrons. The van der Waals surface area contributed by atoms with Crippen molar-refractivity contribution >= 4 is 56.8 Å². The molecule has 4 amide bonds. The number of amides is 4. The lowest BCUT2D eigenvalue weighted by Gasteiger charge is -2.34. The molecular weight excluding hydrogens is 801 g/mol. The first-order valence-electron chi connectivity index (χ1n) is 22.0. The van der Waals surface area contributed by atoms with E-state index >= 15 is 0 Å². The van der Waals surface area contributed by atoms with Crippen LogP contribution in [0.2, 0.25) is 0 Å². The number of alkyl carbamates (subject to hydrolysis) is 2. The minimum absolute atomic E-state index is 0.0268. The molecule has 330 valence electrons. The zero-order valence-electron chi connectivity index (χ0n) is 36.3. The number of benzene rings is 4. The first-order chi connectivity index (χ1) is 30.6. The number of nitrogens with zero attached hydrogens (tertiary/aromatic N) is 3. The number of ether oxygens (including phenoxy) is 3. The number of hydrogen-bond donors (Lipinski definition) is 5. The maximum absolute atomic E-state index is 14.1. The summed E-state index contributed by atoms with van der Waals surface area (Å²) in [5.74, 6) is 1.22. The molecule has 4 aromatic carbocycles. The van der Waals surface area contributed by atoms with Crippen molar-refractivity contribution in [3.8, 4) is 22.3 Å². The Morgan fingerprint density at radius 2 is 1.37 bits per heavy atom. The van der Waals surface area contributed by atoms with E-state index in [-0.39, 0.29) is 29.7 Å². The number of aromatic nitrogens is 4. The molecule has 4 heterocycles. The topological polar surface area (TPSA) is 193 Å². The molecular formula is C48H56N8O7. The number of aromatic amines is 2. The molecule has 6 aromatic rings. The second kappa shape index (κ2) is 19.3. The number of hydrogen-bond acceptors (Lipinski definition) is 9. The molecule has 2 saturated heterocycles. The molecule has 3 atom stereocenters. The van der Waals surface area contributed by atoms with Crippen LogP contribution in [0.25, 0.3) is 55.1 Å². The second-order valence-corrected chi connectivity index (χ2v) is 16.9. The van der Waals surface area contributed by atoms with Crippen molar-refractivity contribution in [2.45, 2.75) is 76.9 Å². The molecule has 0 bridgehead atoms. The number of unbranched alkanes of at least 4 members (excludes halogenated alkanes) is 1. The Morgan fingerprint density at radius 3 is 2.02 bits per heavy atom. The van der Waals surface area contributed by atoms with Gasteiger partial charge in [-0.25, -0.2) is 19.6 Å². The average molecular weight is 857 g/mol. The zero-order valence-corrected chi connectivity index (χ0v) is 36.3. The van der Waals surface area contributed by atoms with Gasteiger partial charge >= 0.3 is 12.2 Å². The number of methoxy groups -OCH3 is 2. The minimum Gasteiger partial charge on any atom is -0.453 e. The van der Waals surface area contributed by atoms with Crippen LogP contribution >= 0.6 is 0 Å². The normalized spacial score (nSPS) is 16.7. The molecule has 2 aliphatic rings. The van der Waals surface area contributed by atoms with Gasteiger partial charge in [-0.3, -0.25) is 9.59 Å². The number of imidazole rings is 2. The monoisotopic (exact) mass is 856 g/mol. The van der Waals surface area contributed by atoms with Crippen molar-refractivity contribution in [3.63, 3.8) is 0 Å². The first kappa shape index (κ1) is 43.2. The summed E-state index contributed by atoms with van der Waals surface area (Å²) in [5, 5.41) is 10.6. The van der Waals surface area contributed by atoms with E-state index in [1.54, 1.807) is 0 Å². The van der Waals surface area contributed by atoms with Gasteiger partial charge in [0.1, 0.15) is 23.7 Å². The molecule has 15 heteroatoms. The summed E-state index contributed by atoms with van der Waals surface area (Å²) in [6, 6.07) is 24.0. The Bertz CT molecular complexity index is 2610. The fraction of sp³-hybridized carbons (Fsp3) is 0.417. The number of rotatable bonds is 14. The van der Waals surface area contributed by atoms with Gasteiger partial charge in [0.2, 0.25) is 11.8 Å². The number of H-pyrrole nitrogens is 2. The molecule has 2 aromatic heterocycles. The number of fused-ring (bicyclic) bond motifs is 3. The third-order valence-electron chi connectivity index (χ3n) is 12.4.